The fraction of sp³-hybridized carbons (Fsp3) is 1.00. The predicted octanol–water partition coefficient (Wildman–Crippen LogP) is 4.25. The molecule has 0 fully saturated rings. The molecule has 88 valence electrons. The van der Waals surface area contributed by atoms with Gasteiger partial charge in [-0.25, -0.2) is 0 Å². The van der Waals surface area contributed by atoms with Crippen LogP contribution in [-0.4, -0.2) is 12.4 Å². The zero-order chi connectivity index (χ0) is 10.5. The quantitative estimate of drug-likeness (QED) is 0.553. The van der Waals surface area contributed by atoms with E-state index in [2.05, 4.69) is 26.1 Å². The van der Waals surface area contributed by atoms with E-state index in [0.29, 0.717) is 18.4 Å². The van der Waals surface area contributed by atoms with Crippen molar-refractivity contribution in [3.8, 4) is 0 Å². The van der Waals surface area contributed by atoms with Crippen LogP contribution in [0.4, 0.5) is 0 Å². The Morgan fingerprint density at radius 1 is 1.29 bits per heavy atom. The Labute approximate surface area is 96.7 Å². The molecule has 0 heterocycles. The largest absolute Gasteiger partial charge is 0.344 e. The molecule has 3 nitrogen and oxygen atoms in total. The second kappa shape index (κ2) is 8.05. The van der Waals surface area contributed by atoms with Crippen LogP contribution in [0.25, 0.3) is 0 Å². The summed E-state index contributed by atoms with van der Waals surface area (Å²) < 4.78 is 16.9. The fourth-order valence-electron chi connectivity index (χ4n) is 0.524. The molecule has 0 bridgehead atoms. The van der Waals surface area contributed by atoms with Crippen LogP contribution in [0.15, 0.2) is 0 Å². The first kappa shape index (κ1) is 17.3. The third-order valence-electron chi connectivity index (χ3n) is 1.14. The zero-order valence-electron chi connectivity index (χ0n) is 9.40. The van der Waals surface area contributed by atoms with E-state index in [-0.39, 0.29) is 6.15 Å². The first-order valence-electron chi connectivity index (χ1n) is 4.45. The van der Waals surface area contributed by atoms with Gasteiger partial charge in [-0.2, -0.15) is 0 Å². The van der Waals surface area contributed by atoms with Gasteiger partial charge in [0.2, 0.25) is 0 Å². The molecule has 0 aliphatic rings. The zero-order valence-corrected chi connectivity index (χ0v) is 12.0. The summed E-state index contributed by atoms with van der Waals surface area (Å²) in [7, 11) is 0. The van der Waals surface area contributed by atoms with Crippen molar-refractivity contribution in [3.05, 3.63) is 0 Å². The van der Waals surface area contributed by atoms with Crippen LogP contribution in [-0.2, 0) is 9.09 Å². The van der Waals surface area contributed by atoms with E-state index in [1.165, 1.54) is 11.4 Å². The molecule has 0 saturated carbocycles. The number of thiol groups is 1. The van der Waals surface area contributed by atoms with Gasteiger partial charge in [-0.1, -0.05) is 51.3 Å². The molecule has 14 heavy (non-hydrogen) atoms. The van der Waals surface area contributed by atoms with Crippen LogP contribution in [0.1, 0.15) is 27.7 Å². The Bertz CT molecular complexity index is 172. The minimum absolute atomic E-state index is 0. The molecule has 0 aliphatic heterocycles. The van der Waals surface area contributed by atoms with E-state index in [0.717, 1.165) is 5.75 Å². The third-order valence-corrected chi connectivity index (χ3v) is 5.89. The lowest BCUT2D eigenvalue weighted by Gasteiger charge is -2.14. The van der Waals surface area contributed by atoms with Gasteiger partial charge in [0.25, 0.3) is 0 Å². The lowest BCUT2D eigenvalue weighted by molar-refractivity contribution is 0.288. The normalized spacial score (nSPS) is 15.4. The molecule has 0 aliphatic carbocycles. The van der Waals surface area contributed by atoms with Crippen LogP contribution in [0.2, 0.25) is 0 Å². The lowest BCUT2D eigenvalue weighted by atomic mass is 10.2. The summed E-state index contributed by atoms with van der Waals surface area (Å²) in [5, 5.41) is 0. The molecule has 0 aromatic carbocycles. The standard InChI is InChI=1S/C8H19O2PS2.H3N/c1-7(2)5-10-11(9,12)13-6-8(3)4;/h7-8H,5-6H2,1-4H3,(H,9,12);1H3. The Morgan fingerprint density at radius 2 is 1.79 bits per heavy atom. The average Bonchev–Trinajstić information content (AvgIpc) is 1.98. The van der Waals surface area contributed by atoms with Gasteiger partial charge in [-0.3, -0.25) is 4.57 Å². The summed E-state index contributed by atoms with van der Waals surface area (Å²) in [6, 6.07) is 0. The fourth-order valence-corrected chi connectivity index (χ4v) is 4.24. The van der Waals surface area contributed by atoms with Gasteiger partial charge in [0.05, 0.1) is 6.61 Å². The van der Waals surface area contributed by atoms with Crippen molar-refractivity contribution in [1.82, 2.24) is 6.15 Å². The monoisotopic (exact) mass is 259 g/mol. The van der Waals surface area contributed by atoms with Crippen LogP contribution < -0.4 is 6.15 Å². The maximum Gasteiger partial charge on any atom is 0.310 e. The van der Waals surface area contributed by atoms with Crippen LogP contribution in [0, 0.1) is 11.8 Å². The summed E-state index contributed by atoms with van der Waals surface area (Å²) in [6.45, 7) is 8.75. The van der Waals surface area contributed by atoms with Gasteiger partial charge in [0.15, 0.2) is 0 Å². The van der Waals surface area contributed by atoms with Crippen molar-refractivity contribution >= 4 is 29.4 Å². The van der Waals surface area contributed by atoms with Gasteiger partial charge in [0.1, 0.15) is 0 Å². The molecular weight excluding hydrogens is 237 g/mol. The molecule has 0 aromatic rings. The van der Waals surface area contributed by atoms with Crippen molar-refractivity contribution in [3.63, 3.8) is 0 Å². The van der Waals surface area contributed by atoms with Gasteiger partial charge in [-0.05, 0) is 11.8 Å². The minimum atomic E-state index is -2.69. The highest BCUT2D eigenvalue weighted by Crippen LogP contribution is 2.64. The number of hydrogen-bond donors (Lipinski definition) is 2. The van der Waals surface area contributed by atoms with Crippen molar-refractivity contribution in [1.29, 1.82) is 0 Å². The van der Waals surface area contributed by atoms with Gasteiger partial charge >= 0.3 is 5.77 Å². The molecule has 0 spiro atoms. The summed E-state index contributed by atoms with van der Waals surface area (Å²) >= 11 is 5.36. The number of hydrogen-bond acceptors (Lipinski definition) is 4. The van der Waals surface area contributed by atoms with Crippen molar-refractivity contribution in [2.75, 3.05) is 12.4 Å². The van der Waals surface area contributed by atoms with Crippen LogP contribution in [0.5, 0.6) is 0 Å². The Morgan fingerprint density at radius 3 is 2.14 bits per heavy atom. The summed E-state index contributed by atoms with van der Waals surface area (Å²) in [6.07, 6.45) is 0. The summed E-state index contributed by atoms with van der Waals surface area (Å²) in [4.78, 5) is 0. The highest BCUT2D eigenvalue weighted by atomic mass is 33.1. The Balaban J connectivity index is 0. The van der Waals surface area contributed by atoms with Crippen LogP contribution in [0.3, 0.4) is 0 Å². The summed E-state index contributed by atoms with van der Waals surface area (Å²) in [5.74, 6) is -0.933. The van der Waals surface area contributed by atoms with E-state index in [1.54, 1.807) is 0 Å². The second-order valence-electron chi connectivity index (χ2n) is 3.85. The molecule has 1 atom stereocenters. The first-order chi connectivity index (χ1) is 5.83. The average molecular weight is 259 g/mol. The maximum absolute atomic E-state index is 11.6. The van der Waals surface area contributed by atoms with Gasteiger partial charge in [0, 0.05) is 5.75 Å². The first-order valence-corrected chi connectivity index (χ1v) is 8.82. The molecule has 0 saturated heterocycles. The summed E-state index contributed by atoms with van der Waals surface area (Å²) in [5.41, 5.74) is 0. The van der Waals surface area contributed by atoms with E-state index in [9.17, 15) is 4.57 Å². The minimum Gasteiger partial charge on any atom is -0.344 e. The highest BCUT2D eigenvalue weighted by molar-refractivity contribution is 8.84. The van der Waals surface area contributed by atoms with Crippen molar-refractivity contribution in [2.45, 2.75) is 27.7 Å². The number of rotatable bonds is 6. The lowest BCUT2D eigenvalue weighted by Crippen LogP contribution is -1.98. The van der Waals surface area contributed by atoms with Crippen molar-refractivity contribution < 1.29 is 9.09 Å². The van der Waals surface area contributed by atoms with E-state index in [1.807, 2.05) is 13.8 Å². The van der Waals surface area contributed by atoms with E-state index in [4.69, 9.17) is 4.52 Å². The molecule has 0 aromatic heterocycles. The topological polar surface area (TPSA) is 61.3 Å². The Kier molecular flexibility index (Phi) is 9.93. The Hall–Kier alpha value is 0.850. The molecule has 3 N–H and O–H groups in total. The molecule has 0 radical (unpaired) electrons. The van der Waals surface area contributed by atoms with Crippen molar-refractivity contribution in [2.24, 2.45) is 11.8 Å². The molecule has 0 amide bonds. The molecule has 1 unspecified atom stereocenters. The van der Waals surface area contributed by atoms with Crippen LogP contribution >= 0.6 is 29.4 Å². The maximum atomic E-state index is 11.6. The molecule has 0 rings (SSSR count). The highest BCUT2D eigenvalue weighted by Gasteiger charge is 2.19. The van der Waals surface area contributed by atoms with E-state index < -0.39 is 5.77 Å². The molecular formula is C8H22NO2PS2. The van der Waals surface area contributed by atoms with Gasteiger partial charge < -0.3 is 10.7 Å². The second-order valence-corrected chi connectivity index (χ2v) is 10.2. The smallest absolute Gasteiger partial charge is 0.310 e. The predicted molar refractivity (Wildman–Crippen MR) is 69.7 cm³/mol. The SMILES string of the molecule is CC(C)COP(=O)(S)SCC(C)C.N. The van der Waals surface area contributed by atoms with Gasteiger partial charge in [-0.15, -0.1) is 0 Å². The van der Waals surface area contributed by atoms with E-state index >= 15 is 0 Å². The molecule has 6 heteroatoms. The third kappa shape index (κ3) is 10.9.